The molecule has 36 heavy (non-hydrogen) atoms. The number of nitrogens with zero attached hydrogens (tertiary/aromatic N) is 5. The number of amides is 1. The van der Waals surface area contributed by atoms with Crippen molar-refractivity contribution in [3.05, 3.63) is 66.6 Å². The van der Waals surface area contributed by atoms with Crippen LogP contribution in [-0.4, -0.2) is 75.8 Å². The van der Waals surface area contributed by atoms with Gasteiger partial charge in [0.2, 0.25) is 11.8 Å². The number of aromatic nitrogens is 4. The van der Waals surface area contributed by atoms with Crippen molar-refractivity contribution < 1.29 is 14.3 Å². The molecule has 186 valence electrons. The zero-order chi connectivity index (χ0) is 24.7. The molecule has 1 aliphatic heterocycles. The van der Waals surface area contributed by atoms with Crippen molar-refractivity contribution >= 4 is 16.8 Å². The molecule has 0 aliphatic carbocycles. The van der Waals surface area contributed by atoms with Gasteiger partial charge >= 0.3 is 0 Å². The van der Waals surface area contributed by atoms with Crippen molar-refractivity contribution in [1.82, 2.24) is 30.0 Å². The first-order valence-corrected chi connectivity index (χ1v) is 12.2. The maximum atomic E-state index is 12.3. The van der Waals surface area contributed by atoms with Crippen molar-refractivity contribution in [2.24, 2.45) is 0 Å². The standard InChI is InChI=1S/C27H30N6O3/c1-35-16-2-3-27(34)33-14-12-32(13-15-33)19-22-6-4-20-17-23(7-8-24(20)30-22)36-26-9-5-21(18-28-26)25-10-11-29-31-25/h4-11,17-18H,2-3,12-16,19H2,1H3,(H,29,31). The quantitative estimate of drug-likeness (QED) is 0.359. The van der Waals surface area contributed by atoms with Gasteiger partial charge in [-0.1, -0.05) is 6.07 Å². The molecule has 9 nitrogen and oxygen atoms in total. The zero-order valence-corrected chi connectivity index (χ0v) is 20.4. The molecule has 1 aromatic carbocycles. The summed E-state index contributed by atoms with van der Waals surface area (Å²) in [4.78, 5) is 25.9. The van der Waals surface area contributed by atoms with Crippen molar-refractivity contribution in [3.63, 3.8) is 0 Å². The van der Waals surface area contributed by atoms with Gasteiger partial charge in [0, 0.05) is 82.3 Å². The number of aromatic amines is 1. The number of H-pyrrole nitrogens is 1. The van der Waals surface area contributed by atoms with E-state index in [1.54, 1.807) is 19.5 Å². The third kappa shape index (κ3) is 5.87. The van der Waals surface area contributed by atoms with Gasteiger partial charge in [0.05, 0.1) is 16.9 Å². The Balaban J connectivity index is 1.16. The lowest BCUT2D eigenvalue weighted by Crippen LogP contribution is -2.48. The lowest BCUT2D eigenvalue weighted by atomic mass is 10.2. The molecule has 4 aromatic rings. The first kappa shape index (κ1) is 23.9. The van der Waals surface area contributed by atoms with Crippen LogP contribution in [0.2, 0.25) is 0 Å². The molecule has 4 heterocycles. The molecular weight excluding hydrogens is 456 g/mol. The maximum absolute atomic E-state index is 12.3. The molecule has 3 aromatic heterocycles. The highest BCUT2D eigenvalue weighted by molar-refractivity contribution is 5.80. The molecule has 5 rings (SSSR count). The average molecular weight is 487 g/mol. The van der Waals surface area contributed by atoms with Gasteiger partial charge in [0.1, 0.15) is 5.75 Å². The van der Waals surface area contributed by atoms with E-state index >= 15 is 0 Å². The summed E-state index contributed by atoms with van der Waals surface area (Å²) in [6, 6.07) is 15.7. The Hall–Kier alpha value is -3.82. The summed E-state index contributed by atoms with van der Waals surface area (Å²) < 4.78 is 11.0. The molecule has 0 atom stereocenters. The number of rotatable bonds is 9. The van der Waals surface area contributed by atoms with Crippen LogP contribution < -0.4 is 4.74 Å². The second kappa shape index (κ2) is 11.3. The number of ether oxygens (including phenoxy) is 2. The van der Waals surface area contributed by atoms with E-state index < -0.39 is 0 Å². The summed E-state index contributed by atoms with van der Waals surface area (Å²) in [5, 5.41) is 7.91. The van der Waals surface area contributed by atoms with Crippen LogP contribution in [0.5, 0.6) is 11.6 Å². The zero-order valence-electron chi connectivity index (χ0n) is 20.4. The number of hydrogen-bond donors (Lipinski definition) is 1. The topological polar surface area (TPSA) is 96.5 Å². The molecule has 0 bridgehead atoms. The van der Waals surface area contributed by atoms with E-state index in [2.05, 4.69) is 32.2 Å². The first-order valence-electron chi connectivity index (χ1n) is 12.2. The Morgan fingerprint density at radius 1 is 1.06 bits per heavy atom. The molecule has 0 radical (unpaired) electrons. The molecule has 9 heteroatoms. The van der Waals surface area contributed by atoms with Gasteiger partial charge in [0.25, 0.3) is 0 Å². The van der Waals surface area contributed by atoms with Crippen molar-refractivity contribution in [3.8, 4) is 22.9 Å². The summed E-state index contributed by atoms with van der Waals surface area (Å²) >= 11 is 0. The van der Waals surface area contributed by atoms with Gasteiger partial charge in [-0.2, -0.15) is 5.10 Å². The van der Waals surface area contributed by atoms with Gasteiger partial charge in [-0.15, -0.1) is 0 Å². The van der Waals surface area contributed by atoms with Gasteiger partial charge in [-0.25, -0.2) is 4.98 Å². The Bertz CT molecular complexity index is 1280. The summed E-state index contributed by atoms with van der Waals surface area (Å²) in [7, 11) is 1.66. The normalized spacial score (nSPS) is 14.3. The van der Waals surface area contributed by atoms with Crippen LogP contribution in [0.15, 0.2) is 60.9 Å². The van der Waals surface area contributed by atoms with E-state index in [4.69, 9.17) is 14.5 Å². The van der Waals surface area contributed by atoms with E-state index in [0.29, 0.717) is 24.7 Å². The van der Waals surface area contributed by atoms with E-state index in [9.17, 15) is 4.79 Å². The molecule has 1 N–H and O–H groups in total. The summed E-state index contributed by atoms with van der Waals surface area (Å²) in [6.45, 7) is 4.63. The fourth-order valence-electron chi connectivity index (χ4n) is 4.35. The fraction of sp³-hybridized carbons (Fsp3) is 0.333. The molecule has 1 amide bonds. The number of fused-ring (bicyclic) bond motifs is 1. The van der Waals surface area contributed by atoms with Gasteiger partial charge in [0.15, 0.2) is 0 Å². The third-order valence-electron chi connectivity index (χ3n) is 6.34. The van der Waals surface area contributed by atoms with Gasteiger partial charge < -0.3 is 14.4 Å². The molecule has 1 aliphatic rings. The molecule has 0 unspecified atom stereocenters. The van der Waals surface area contributed by atoms with Crippen LogP contribution in [0.4, 0.5) is 0 Å². The van der Waals surface area contributed by atoms with Crippen molar-refractivity contribution in [2.75, 3.05) is 39.9 Å². The van der Waals surface area contributed by atoms with Gasteiger partial charge in [-0.3, -0.25) is 19.8 Å². The van der Waals surface area contributed by atoms with Crippen LogP contribution in [0.25, 0.3) is 22.2 Å². The van der Waals surface area contributed by atoms with Crippen molar-refractivity contribution in [2.45, 2.75) is 19.4 Å². The lowest BCUT2D eigenvalue weighted by Gasteiger charge is -2.34. The summed E-state index contributed by atoms with van der Waals surface area (Å²) in [5.74, 6) is 1.46. The van der Waals surface area contributed by atoms with E-state index in [1.807, 2.05) is 41.3 Å². The molecule has 1 fully saturated rings. The third-order valence-corrected chi connectivity index (χ3v) is 6.34. The predicted molar refractivity (Wildman–Crippen MR) is 137 cm³/mol. The Morgan fingerprint density at radius 2 is 1.94 bits per heavy atom. The van der Waals surface area contributed by atoms with Crippen LogP contribution in [-0.2, 0) is 16.1 Å². The number of methoxy groups -OCH3 is 1. The Labute approximate surface area is 210 Å². The average Bonchev–Trinajstić information content (AvgIpc) is 3.45. The number of nitrogens with one attached hydrogen (secondary N) is 1. The number of pyridine rings is 2. The Morgan fingerprint density at radius 3 is 2.69 bits per heavy atom. The van der Waals surface area contributed by atoms with E-state index in [0.717, 1.165) is 67.0 Å². The van der Waals surface area contributed by atoms with Gasteiger partial charge in [-0.05, 0) is 42.8 Å². The number of benzene rings is 1. The predicted octanol–water partition coefficient (Wildman–Crippen LogP) is 3.88. The van der Waals surface area contributed by atoms with E-state index in [-0.39, 0.29) is 5.91 Å². The largest absolute Gasteiger partial charge is 0.439 e. The smallest absolute Gasteiger partial charge is 0.222 e. The molecular formula is C27H30N6O3. The lowest BCUT2D eigenvalue weighted by molar-refractivity contribution is -0.133. The minimum atomic E-state index is 0.220. The fourth-order valence-corrected chi connectivity index (χ4v) is 4.35. The second-order valence-electron chi connectivity index (χ2n) is 8.87. The number of hydrogen-bond acceptors (Lipinski definition) is 7. The monoisotopic (exact) mass is 486 g/mol. The number of carbonyl (C=O) groups is 1. The Kier molecular flexibility index (Phi) is 7.49. The highest BCUT2D eigenvalue weighted by atomic mass is 16.5. The molecule has 1 saturated heterocycles. The van der Waals surface area contributed by atoms with Crippen molar-refractivity contribution in [1.29, 1.82) is 0 Å². The van der Waals surface area contributed by atoms with Crippen LogP contribution in [0.3, 0.4) is 0 Å². The number of carbonyl (C=O) groups excluding carboxylic acids is 1. The molecule has 0 saturated carbocycles. The maximum Gasteiger partial charge on any atom is 0.222 e. The highest BCUT2D eigenvalue weighted by Crippen LogP contribution is 2.26. The summed E-state index contributed by atoms with van der Waals surface area (Å²) in [6.07, 6.45) is 4.80. The first-order chi connectivity index (χ1) is 17.7. The number of piperazine rings is 1. The minimum absolute atomic E-state index is 0.220. The van der Waals surface area contributed by atoms with Crippen LogP contribution >= 0.6 is 0 Å². The SMILES string of the molecule is COCCCC(=O)N1CCN(Cc2ccc3cc(Oc4ccc(-c5ccn[nH]5)cn4)ccc3n2)CC1. The van der Waals surface area contributed by atoms with Crippen LogP contribution in [0, 0.1) is 0 Å². The molecule has 0 spiro atoms. The van der Waals surface area contributed by atoms with E-state index in [1.165, 1.54) is 0 Å². The minimum Gasteiger partial charge on any atom is -0.439 e. The highest BCUT2D eigenvalue weighted by Gasteiger charge is 2.21. The van der Waals surface area contributed by atoms with Crippen LogP contribution in [0.1, 0.15) is 18.5 Å². The summed E-state index contributed by atoms with van der Waals surface area (Å²) in [5.41, 5.74) is 3.81. The second-order valence-corrected chi connectivity index (χ2v) is 8.87.